The van der Waals surface area contributed by atoms with Gasteiger partial charge in [-0.3, -0.25) is 0 Å². The summed E-state index contributed by atoms with van der Waals surface area (Å²) in [7, 11) is 0. The zero-order chi connectivity index (χ0) is 33.5. The molecule has 11 rings (SSSR count). The highest BCUT2D eigenvalue weighted by atomic mass is 15.2. The summed E-state index contributed by atoms with van der Waals surface area (Å²) in [6.07, 6.45) is 2.11. The van der Waals surface area contributed by atoms with Crippen molar-refractivity contribution < 1.29 is 0 Å². The van der Waals surface area contributed by atoms with Gasteiger partial charge in [0.2, 0.25) is 0 Å². The third-order valence-corrected chi connectivity index (χ3v) is 10.4. The molecule has 0 aliphatic rings. The maximum Gasteiger partial charge on any atom is 0.0933 e. The monoisotopic (exact) mass is 650 g/mol. The molecule has 238 valence electrons. The molecule has 0 unspecified atom stereocenters. The molecule has 0 aliphatic heterocycles. The molecule has 4 aromatic heterocycles. The van der Waals surface area contributed by atoms with Gasteiger partial charge in [-0.25, -0.2) is 4.52 Å². The molecule has 0 aliphatic carbocycles. The quantitative estimate of drug-likeness (QED) is 0.186. The Morgan fingerprint density at radius 1 is 0.353 bits per heavy atom. The van der Waals surface area contributed by atoms with Crippen molar-refractivity contribution in [3.8, 4) is 33.8 Å². The lowest BCUT2D eigenvalue weighted by Gasteiger charge is -2.16. The van der Waals surface area contributed by atoms with Crippen LogP contribution in [0.5, 0.6) is 0 Å². The molecule has 0 atom stereocenters. The molecular weight excluding hydrogens is 621 g/mol. The molecule has 0 amide bonds. The largest absolute Gasteiger partial charge is 0.309 e. The van der Waals surface area contributed by atoms with Crippen LogP contribution in [0.15, 0.2) is 182 Å². The molecule has 0 radical (unpaired) electrons. The maximum absolute atomic E-state index is 4.96. The number of pyridine rings is 1. The van der Waals surface area contributed by atoms with Crippen molar-refractivity contribution in [2.75, 3.05) is 0 Å². The van der Waals surface area contributed by atoms with Gasteiger partial charge >= 0.3 is 0 Å². The van der Waals surface area contributed by atoms with Crippen LogP contribution in [0.4, 0.5) is 0 Å². The second-order valence-electron chi connectivity index (χ2n) is 13.4. The summed E-state index contributed by atoms with van der Waals surface area (Å²) in [5.41, 5.74) is 12.5. The highest BCUT2D eigenvalue weighted by Gasteiger charge is 2.17. The summed E-state index contributed by atoms with van der Waals surface area (Å²) in [4.78, 5) is 0. The lowest BCUT2D eigenvalue weighted by Crippen LogP contribution is -2.00. The first-order chi connectivity index (χ1) is 25.3. The number of hydrogen-bond acceptors (Lipinski definition) is 1. The molecule has 0 saturated heterocycles. The standard InChI is InChI=1S/C47H30N4/c1-2-12-34-30-49-36(25-33(34)11-1)29-43(48-49)32-23-21-31(22-24-32)35-26-37(50-44-17-7-3-13-39(44)40-14-4-8-18-45(40)50)28-38(27-35)51-46-19-9-5-15-41(46)42-16-6-10-20-47(42)51/h1-30H. The Kier molecular flexibility index (Phi) is 5.92. The summed E-state index contributed by atoms with van der Waals surface area (Å²) < 4.78 is 6.82. The number of benzene rings is 7. The molecule has 0 spiro atoms. The highest BCUT2D eigenvalue weighted by molar-refractivity contribution is 6.10. The van der Waals surface area contributed by atoms with Gasteiger partial charge in [-0.05, 0) is 71.1 Å². The Morgan fingerprint density at radius 3 is 1.33 bits per heavy atom. The molecule has 51 heavy (non-hydrogen) atoms. The summed E-state index contributed by atoms with van der Waals surface area (Å²) in [6, 6.07) is 63.6. The minimum Gasteiger partial charge on any atom is -0.309 e. The van der Waals surface area contributed by atoms with Gasteiger partial charge in [-0.1, -0.05) is 121 Å². The fraction of sp³-hybridized carbons (Fsp3) is 0. The molecule has 4 heteroatoms. The zero-order valence-electron chi connectivity index (χ0n) is 27.6. The van der Waals surface area contributed by atoms with Gasteiger partial charge < -0.3 is 9.13 Å². The third-order valence-electron chi connectivity index (χ3n) is 10.4. The van der Waals surface area contributed by atoms with E-state index < -0.39 is 0 Å². The summed E-state index contributed by atoms with van der Waals surface area (Å²) in [5.74, 6) is 0. The first-order valence-electron chi connectivity index (χ1n) is 17.4. The van der Waals surface area contributed by atoms with Crippen molar-refractivity contribution in [3.05, 3.63) is 182 Å². The van der Waals surface area contributed by atoms with Crippen molar-refractivity contribution in [1.82, 2.24) is 18.7 Å². The minimum atomic E-state index is 0.960. The zero-order valence-corrected chi connectivity index (χ0v) is 27.6. The van der Waals surface area contributed by atoms with Crippen LogP contribution in [0, 0.1) is 0 Å². The maximum atomic E-state index is 4.96. The van der Waals surface area contributed by atoms with Crippen LogP contribution in [-0.2, 0) is 0 Å². The fourth-order valence-electron chi connectivity index (χ4n) is 8.07. The van der Waals surface area contributed by atoms with Crippen LogP contribution in [0.2, 0.25) is 0 Å². The van der Waals surface area contributed by atoms with Gasteiger partial charge in [-0.15, -0.1) is 0 Å². The predicted octanol–water partition coefficient (Wildman–Crippen LogP) is 12.0. The molecule has 0 bridgehead atoms. The Hall–Kier alpha value is -6.91. The molecular formula is C47H30N4. The average molecular weight is 651 g/mol. The van der Waals surface area contributed by atoms with Crippen molar-refractivity contribution in [1.29, 1.82) is 0 Å². The molecule has 4 heterocycles. The molecule has 7 aromatic carbocycles. The second-order valence-corrected chi connectivity index (χ2v) is 13.4. The van der Waals surface area contributed by atoms with Crippen molar-refractivity contribution in [2.45, 2.75) is 0 Å². The van der Waals surface area contributed by atoms with Gasteiger partial charge in [0.05, 0.1) is 33.3 Å². The van der Waals surface area contributed by atoms with Crippen LogP contribution in [0.1, 0.15) is 0 Å². The molecule has 0 N–H and O–H groups in total. The summed E-state index contributed by atoms with van der Waals surface area (Å²) in [6.45, 7) is 0. The van der Waals surface area contributed by atoms with E-state index in [1.54, 1.807) is 0 Å². The smallest absolute Gasteiger partial charge is 0.0933 e. The highest BCUT2D eigenvalue weighted by Crippen LogP contribution is 2.38. The van der Waals surface area contributed by atoms with Crippen molar-refractivity contribution in [3.63, 3.8) is 0 Å². The van der Waals surface area contributed by atoms with E-state index >= 15 is 0 Å². The lowest BCUT2D eigenvalue weighted by atomic mass is 10.0. The summed E-state index contributed by atoms with van der Waals surface area (Å²) >= 11 is 0. The van der Waals surface area contributed by atoms with E-state index in [9.17, 15) is 0 Å². The van der Waals surface area contributed by atoms with E-state index in [-0.39, 0.29) is 0 Å². The van der Waals surface area contributed by atoms with E-state index in [0.717, 1.165) is 39.3 Å². The average Bonchev–Trinajstić information content (AvgIpc) is 3.87. The van der Waals surface area contributed by atoms with Crippen LogP contribution < -0.4 is 0 Å². The Balaban J connectivity index is 1.12. The van der Waals surface area contributed by atoms with Gasteiger partial charge in [0.25, 0.3) is 0 Å². The Bertz CT molecular complexity index is 2850. The molecule has 4 nitrogen and oxygen atoms in total. The lowest BCUT2D eigenvalue weighted by molar-refractivity contribution is 0.974. The van der Waals surface area contributed by atoms with E-state index in [4.69, 9.17) is 5.10 Å². The Labute approximate surface area is 293 Å². The number of rotatable bonds is 4. The van der Waals surface area contributed by atoms with Crippen molar-refractivity contribution >= 4 is 59.9 Å². The number of para-hydroxylation sites is 4. The fourth-order valence-corrected chi connectivity index (χ4v) is 8.07. The number of hydrogen-bond donors (Lipinski definition) is 0. The number of aromatic nitrogens is 4. The van der Waals surface area contributed by atoms with Crippen LogP contribution >= 0.6 is 0 Å². The number of nitrogens with zero attached hydrogens (tertiary/aromatic N) is 4. The van der Waals surface area contributed by atoms with Crippen LogP contribution in [-0.4, -0.2) is 18.7 Å². The van der Waals surface area contributed by atoms with Gasteiger partial charge in [0, 0.05) is 50.1 Å². The van der Waals surface area contributed by atoms with Crippen LogP contribution in [0.25, 0.3) is 93.7 Å². The van der Waals surface area contributed by atoms with Gasteiger partial charge in [0.15, 0.2) is 0 Å². The van der Waals surface area contributed by atoms with E-state index in [1.165, 1.54) is 54.4 Å². The normalized spacial score (nSPS) is 11.9. The summed E-state index contributed by atoms with van der Waals surface area (Å²) in [5, 5.41) is 12.4. The van der Waals surface area contributed by atoms with E-state index in [2.05, 4.69) is 191 Å². The second kappa shape index (κ2) is 10.8. The third kappa shape index (κ3) is 4.30. The van der Waals surface area contributed by atoms with E-state index in [0.29, 0.717) is 0 Å². The van der Waals surface area contributed by atoms with Crippen molar-refractivity contribution in [2.24, 2.45) is 0 Å². The van der Waals surface area contributed by atoms with Crippen LogP contribution in [0.3, 0.4) is 0 Å². The number of fused-ring (bicyclic) bond motifs is 8. The molecule has 11 aromatic rings. The SMILES string of the molecule is c1ccc2cn3nc(-c4ccc(-c5cc(-n6c7ccccc7c7ccccc76)cc(-n6c7ccccc7c7ccccc76)c5)cc4)cc3cc2c1. The minimum absolute atomic E-state index is 0.960. The molecule has 0 saturated carbocycles. The topological polar surface area (TPSA) is 27.2 Å². The first kappa shape index (κ1) is 28.0. The predicted molar refractivity (Wildman–Crippen MR) is 212 cm³/mol. The van der Waals surface area contributed by atoms with Gasteiger partial charge in [-0.2, -0.15) is 5.10 Å². The van der Waals surface area contributed by atoms with E-state index in [1.807, 2.05) is 4.52 Å². The molecule has 0 fully saturated rings. The first-order valence-corrected chi connectivity index (χ1v) is 17.4. The van der Waals surface area contributed by atoms with Gasteiger partial charge in [0.1, 0.15) is 0 Å². The Morgan fingerprint density at radius 2 is 0.804 bits per heavy atom.